The van der Waals surface area contributed by atoms with Gasteiger partial charge in [0, 0.05) is 49.2 Å². The van der Waals surface area contributed by atoms with Crippen molar-refractivity contribution < 1.29 is 13.6 Å². The Kier molecular flexibility index (Phi) is 10.3. The molecule has 1 aliphatic heterocycles. The quantitative estimate of drug-likeness (QED) is 0.235. The fourth-order valence-corrected chi connectivity index (χ4v) is 7.52. The zero-order valence-electron chi connectivity index (χ0n) is 27.2. The van der Waals surface area contributed by atoms with Crippen molar-refractivity contribution in [3.05, 3.63) is 36.0 Å². The number of imidazole rings is 1. The van der Waals surface area contributed by atoms with Crippen LogP contribution in [-0.4, -0.2) is 79.5 Å². The molecule has 2 aliphatic carbocycles. The van der Waals surface area contributed by atoms with Crippen LogP contribution in [-0.2, 0) is 4.79 Å². The molecule has 10 nitrogen and oxygen atoms in total. The van der Waals surface area contributed by atoms with Gasteiger partial charge in [0.25, 0.3) is 0 Å². The highest BCUT2D eigenvalue weighted by Crippen LogP contribution is 2.38. The second-order valence-corrected chi connectivity index (χ2v) is 13.5. The molecule has 12 heteroatoms. The Bertz CT molecular complexity index is 1480. The lowest BCUT2D eigenvalue weighted by Crippen LogP contribution is -2.41. The second kappa shape index (κ2) is 14.6. The number of carbonyl (C=O) groups excluding carboxylic acids is 1. The lowest BCUT2D eigenvalue weighted by molar-refractivity contribution is -0.136. The number of anilines is 3. The Balaban J connectivity index is 1.19. The minimum Gasteiger partial charge on any atom is -0.351 e. The smallest absolute Gasteiger partial charge is 0.225 e. The number of benzene rings is 1. The van der Waals surface area contributed by atoms with Crippen LogP contribution < -0.4 is 16.4 Å². The number of likely N-dealkylation sites (tertiary alicyclic amines) is 1. The molecule has 2 aromatic heterocycles. The van der Waals surface area contributed by atoms with Crippen molar-refractivity contribution in [1.82, 2.24) is 29.3 Å². The van der Waals surface area contributed by atoms with Crippen molar-refractivity contribution in [3.8, 4) is 0 Å². The van der Waals surface area contributed by atoms with Gasteiger partial charge in [-0.15, -0.1) is 0 Å². The van der Waals surface area contributed by atoms with Crippen LogP contribution in [0.4, 0.5) is 26.4 Å². The molecule has 1 unspecified atom stereocenters. The van der Waals surface area contributed by atoms with E-state index in [1.165, 1.54) is 25.0 Å². The number of nitrogens with one attached hydrogen (secondary N) is 2. The van der Waals surface area contributed by atoms with Crippen LogP contribution in [0.1, 0.15) is 90.5 Å². The Morgan fingerprint density at radius 3 is 2.50 bits per heavy atom. The molecular formula is C34H49F2N9O. The Labute approximate surface area is 270 Å². The third-order valence-electron chi connectivity index (χ3n) is 10.4. The van der Waals surface area contributed by atoms with Gasteiger partial charge >= 0.3 is 0 Å². The van der Waals surface area contributed by atoms with E-state index in [2.05, 4.69) is 34.4 Å². The third-order valence-corrected chi connectivity index (χ3v) is 10.4. The summed E-state index contributed by atoms with van der Waals surface area (Å²) in [6.07, 6.45) is 12.1. The van der Waals surface area contributed by atoms with E-state index in [9.17, 15) is 13.6 Å². The molecule has 0 spiro atoms. The number of hydrogen-bond donors (Lipinski definition) is 3. The molecule has 3 aromatic rings. The number of halogens is 2. The maximum absolute atomic E-state index is 14.7. The summed E-state index contributed by atoms with van der Waals surface area (Å²) in [4.78, 5) is 32.4. The number of nitrogens with zero attached hydrogens (tertiary/aromatic N) is 6. The predicted octanol–water partition coefficient (Wildman–Crippen LogP) is 5.98. The highest BCUT2D eigenvalue weighted by Gasteiger charge is 2.32. The summed E-state index contributed by atoms with van der Waals surface area (Å²) in [5.41, 5.74) is 7.47. The lowest BCUT2D eigenvalue weighted by Gasteiger charge is -2.34. The number of rotatable bonds is 11. The zero-order chi connectivity index (χ0) is 32.2. The van der Waals surface area contributed by atoms with E-state index < -0.39 is 11.6 Å². The zero-order valence-corrected chi connectivity index (χ0v) is 27.2. The van der Waals surface area contributed by atoms with Crippen molar-refractivity contribution in [2.75, 3.05) is 36.8 Å². The number of hydrogen-bond acceptors (Lipinski definition) is 8. The molecule has 3 fully saturated rings. The van der Waals surface area contributed by atoms with Crippen molar-refractivity contribution in [3.63, 3.8) is 0 Å². The SMILES string of the molecule is CCN(CCC(C)N1CCCC1)C(=O)[C@H]1CC[C@@H](n2c(Nc3ccc(F)cc3F)nc3cnc(N[C@H]4CC[C@H](N)CC4)nc32)CC1. The number of nitrogens with two attached hydrogens (primary N) is 1. The van der Waals surface area contributed by atoms with Crippen LogP contribution in [0.2, 0.25) is 0 Å². The van der Waals surface area contributed by atoms with E-state index in [-0.39, 0.29) is 35.6 Å². The van der Waals surface area contributed by atoms with Gasteiger partial charge in [0.05, 0.1) is 11.9 Å². The average Bonchev–Trinajstić information content (AvgIpc) is 3.72. The van der Waals surface area contributed by atoms with E-state index in [1.807, 2.05) is 9.47 Å². The molecule has 1 atom stereocenters. The van der Waals surface area contributed by atoms with Gasteiger partial charge in [-0.1, -0.05) is 0 Å². The number of aromatic nitrogens is 4. The third kappa shape index (κ3) is 7.43. The highest BCUT2D eigenvalue weighted by molar-refractivity contribution is 5.79. The van der Waals surface area contributed by atoms with Crippen LogP contribution >= 0.6 is 0 Å². The first-order chi connectivity index (χ1) is 22.3. The molecule has 1 amide bonds. The highest BCUT2D eigenvalue weighted by atomic mass is 19.1. The fraction of sp³-hybridized carbons (Fsp3) is 0.647. The predicted molar refractivity (Wildman–Crippen MR) is 177 cm³/mol. The Morgan fingerprint density at radius 1 is 1.07 bits per heavy atom. The topological polar surface area (TPSA) is 117 Å². The van der Waals surface area contributed by atoms with E-state index in [4.69, 9.17) is 15.7 Å². The largest absolute Gasteiger partial charge is 0.351 e. The molecule has 250 valence electrons. The molecule has 2 saturated carbocycles. The first-order valence-electron chi connectivity index (χ1n) is 17.3. The van der Waals surface area contributed by atoms with Crippen LogP contribution in [0, 0.1) is 17.6 Å². The monoisotopic (exact) mass is 637 g/mol. The lowest BCUT2D eigenvalue weighted by atomic mass is 9.85. The Morgan fingerprint density at radius 2 is 1.80 bits per heavy atom. The van der Waals surface area contributed by atoms with Gasteiger partial charge < -0.3 is 26.2 Å². The van der Waals surface area contributed by atoms with Crippen LogP contribution in [0.5, 0.6) is 0 Å². The van der Waals surface area contributed by atoms with Gasteiger partial charge in [-0.25, -0.2) is 18.7 Å². The second-order valence-electron chi connectivity index (χ2n) is 13.5. The summed E-state index contributed by atoms with van der Waals surface area (Å²) in [7, 11) is 0. The minimum absolute atomic E-state index is 0.000698. The summed E-state index contributed by atoms with van der Waals surface area (Å²) in [5.74, 6) is -0.163. The van der Waals surface area contributed by atoms with E-state index in [0.717, 1.165) is 83.5 Å². The standard InChI is InChI=1S/C34H49F2N9O/c1-3-43(19-16-22(2)44-17-4-5-18-44)32(46)23-6-13-27(14-7-23)45-31-30(41-34(45)40-29-15-8-24(35)20-28(29)36)21-38-33(42-31)39-26-11-9-25(37)10-12-26/h8,15,20-23,25-27H,3-7,9-14,16-19,37H2,1-2H3,(H,40,41)(H,38,39,42)/t22?,23-,25-,26-,27+. The molecule has 3 aliphatic rings. The number of carbonyl (C=O) groups is 1. The molecule has 6 rings (SSSR count). The number of amides is 1. The molecular weight excluding hydrogens is 588 g/mol. The molecule has 3 heterocycles. The van der Waals surface area contributed by atoms with Crippen LogP contribution in [0.15, 0.2) is 24.4 Å². The van der Waals surface area contributed by atoms with Crippen molar-refractivity contribution in [1.29, 1.82) is 0 Å². The molecule has 4 N–H and O–H groups in total. The first kappa shape index (κ1) is 32.6. The van der Waals surface area contributed by atoms with E-state index in [0.29, 0.717) is 35.6 Å². The summed E-state index contributed by atoms with van der Waals surface area (Å²) in [6, 6.07) is 4.44. The van der Waals surface area contributed by atoms with Crippen molar-refractivity contribution >= 4 is 34.7 Å². The minimum atomic E-state index is -0.699. The first-order valence-corrected chi connectivity index (χ1v) is 17.3. The average molecular weight is 638 g/mol. The van der Waals surface area contributed by atoms with Crippen molar-refractivity contribution in [2.45, 2.75) is 109 Å². The van der Waals surface area contributed by atoms with Crippen molar-refractivity contribution in [2.24, 2.45) is 11.7 Å². The summed E-state index contributed by atoms with van der Waals surface area (Å²) < 4.78 is 30.4. The fourth-order valence-electron chi connectivity index (χ4n) is 7.52. The number of fused-ring (bicyclic) bond motifs is 1. The van der Waals surface area contributed by atoms with Gasteiger partial charge in [0.2, 0.25) is 17.8 Å². The van der Waals surface area contributed by atoms with Crippen LogP contribution in [0.25, 0.3) is 11.2 Å². The molecule has 46 heavy (non-hydrogen) atoms. The van der Waals surface area contributed by atoms with Gasteiger partial charge in [-0.05, 0) is 110 Å². The maximum atomic E-state index is 14.7. The van der Waals surface area contributed by atoms with Gasteiger partial charge in [-0.3, -0.25) is 9.36 Å². The van der Waals surface area contributed by atoms with Gasteiger partial charge in [-0.2, -0.15) is 4.98 Å². The van der Waals surface area contributed by atoms with E-state index in [1.54, 1.807) is 6.20 Å². The van der Waals surface area contributed by atoms with E-state index >= 15 is 0 Å². The molecule has 1 aromatic carbocycles. The molecule has 1 saturated heterocycles. The summed E-state index contributed by atoms with van der Waals surface area (Å²) in [6.45, 7) is 8.18. The summed E-state index contributed by atoms with van der Waals surface area (Å²) in [5, 5.41) is 6.58. The molecule has 0 bridgehead atoms. The van der Waals surface area contributed by atoms with Gasteiger partial charge in [0.1, 0.15) is 17.2 Å². The van der Waals surface area contributed by atoms with Gasteiger partial charge in [0.15, 0.2) is 5.65 Å². The Hall–Kier alpha value is -3.38. The van der Waals surface area contributed by atoms with Crippen LogP contribution in [0.3, 0.4) is 0 Å². The normalized spacial score (nSPS) is 24.6. The summed E-state index contributed by atoms with van der Waals surface area (Å²) >= 11 is 0. The maximum Gasteiger partial charge on any atom is 0.225 e. The molecule has 0 radical (unpaired) electrons.